The lowest BCUT2D eigenvalue weighted by molar-refractivity contribution is -0.645. The maximum absolute atomic E-state index is 13.3. The number of imide groups is 1. The topological polar surface area (TPSA) is 59.1 Å². The molecule has 0 bridgehead atoms. The van der Waals surface area contributed by atoms with Crippen molar-refractivity contribution in [3.05, 3.63) is 83.7 Å². The van der Waals surface area contributed by atoms with Crippen LogP contribution in [0.3, 0.4) is 0 Å². The summed E-state index contributed by atoms with van der Waals surface area (Å²) in [5.74, 6) is 1.32. The van der Waals surface area contributed by atoms with Crippen LogP contribution in [0, 0.1) is 0 Å². The smallest absolute Gasteiger partial charge is 0.301 e. The van der Waals surface area contributed by atoms with Gasteiger partial charge in [-0.25, -0.2) is 0 Å². The Morgan fingerprint density at radius 1 is 0.971 bits per heavy atom. The molecule has 0 fully saturated rings. The molecule has 0 saturated heterocycles. The fourth-order valence-electron chi connectivity index (χ4n) is 4.64. The molecule has 172 valence electrons. The molecule has 34 heavy (non-hydrogen) atoms. The number of carbonyl (C=O) groups excluding carboxylic acids is 2. The Hall–Kier alpha value is -2.49. The fourth-order valence-corrected chi connectivity index (χ4v) is 6.71. The molecule has 1 aromatic heterocycles. The van der Waals surface area contributed by atoms with E-state index >= 15 is 0 Å². The lowest BCUT2D eigenvalue weighted by Gasteiger charge is -2.26. The number of nitrogens with zero attached hydrogens (tertiary/aromatic N) is 4. The third-order valence-corrected chi connectivity index (χ3v) is 8.15. The van der Waals surface area contributed by atoms with E-state index < -0.39 is 0 Å². The van der Waals surface area contributed by atoms with Gasteiger partial charge in [0.25, 0.3) is 17.6 Å². The van der Waals surface area contributed by atoms with Gasteiger partial charge in [-0.15, -0.1) is 0 Å². The Kier molecular flexibility index (Phi) is 6.35. The van der Waals surface area contributed by atoms with Gasteiger partial charge in [0.15, 0.2) is 0 Å². The Morgan fingerprint density at radius 2 is 1.65 bits per heavy atom. The molecule has 0 saturated carbocycles. The normalized spacial score (nSPS) is 16.6. The zero-order valence-corrected chi connectivity index (χ0v) is 22.0. The number of halogens is 2. The summed E-state index contributed by atoms with van der Waals surface area (Å²) >= 11 is 5.38. The summed E-state index contributed by atoms with van der Waals surface area (Å²) in [6.45, 7) is 0.273. The largest absolute Gasteiger partial charge is 1.00 e. The van der Waals surface area contributed by atoms with Crippen molar-refractivity contribution >= 4 is 50.3 Å². The minimum Gasteiger partial charge on any atom is -1.00 e. The summed E-state index contributed by atoms with van der Waals surface area (Å²) in [6.07, 6.45) is 0.472. The molecule has 2 aliphatic heterocycles. The van der Waals surface area contributed by atoms with E-state index in [0.717, 1.165) is 38.5 Å². The van der Waals surface area contributed by atoms with Gasteiger partial charge in [0.2, 0.25) is 0 Å². The van der Waals surface area contributed by atoms with Crippen molar-refractivity contribution in [3.8, 4) is 5.69 Å². The van der Waals surface area contributed by atoms with Crippen molar-refractivity contribution in [3.63, 3.8) is 0 Å². The van der Waals surface area contributed by atoms with Gasteiger partial charge in [-0.1, -0.05) is 63.1 Å². The number of amides is 2. The molecule has 0 N–H and O–H groups in total. The number of hydrogen-bond acceptors (Lipinski definition) is 4. The highest BCUT2D eigenvalue weighted by Gasteiger charge is 2.39. The summed E-state index contributed by atoms with van der Waals surface area (Å²) in [5.41, 5.74) is 2.20. The molecule has 4 aromatic rings. The second kappa shape index (κ2) is 9.28. The molecule has 0 radical (unpaired) electrons. The van der Waals surface area contributed by atoms with Crippen LogP contribution in [-0.4, -0.2) is 44.1 Å². The molecule has 3 aromatic carbocycles. The quantitative estimate of drug-likeness (QED) is 0.197. The van der Waals surface area contributed by atoms with E-state index in [1.165, 1.54) is 4.90 Å². The highest BCUT2D eigenvalue weighted by atomic mass is 79.9. The first-order valence-corrected chi connectivity index (χ1v) is 12.9. The number of rotatable bonds is 5. The van der Waals surface area contributed by atoms with Crippen LogP contribution in [-0.2, 0) is 6.42 Å². The van der Waals surface area contributed by atoms with Gasteiger partial charge in [0.1, 0.15) is 11.7 Å². The second-order valence-electron chi connectivity index (χ2n) is 8.15. The molecule has 1 atom stereocenters. The number of alkyl halides is 1. The molecular formula is C25H20Br2N4O2S. The van der Waals surface area contributed by atoms with Crippen LogP contribution in [0.25, 0.3) is 16.5 Å². The van der Waals surface area contributed by atoms with Crippen LogP contribution in [0.5, 0.6) is 0 Å². The van der Waals surface area contributed by atoms with E-state index in [1.807, 2.05) is 42.5 Å². The highest BCUT2D eigenvalue weighted by Crippen LogP contribution is 2.33. The first kappa shape index (κ1) is 23.3. The molecule has 6 nitrogen and oxygen atoms in total. The Bertz CT molecular complexity index is 1370. The van der Waals surface area contributed by atoms with Crippen molar-refractivity contribution in [1.29, 1.82) is 0 Å². The molecule has 0 aliphatic carbocycles. The summed E-state index contributed by atoms with van der Waals surface area (Å²) in [7, 11) is 0. The molecular weight excluding hydrogens is 580 g/mol. The minimum absolute atomic E-state index is 0. The highest BCUT2D eigenvalue weighted by molar-refractivity contribution is 9.09. The van der Waals surface area contributed by atoms with E-state index in [1.54, 1.807) is 23.9 Å². The SMILES string of the molecule is O=C1c2cccc3cccc(c23)C(=O)N1CCc1nn2c([n+]1-c1ccccc1)SCC2CBr.[Br-]. The lowest BCUT2D eigenvalue weighted by atomic mass is 9.94. The molecule has 6 rings (SSSR count). The number of carbonyl (C=O) groups is 2. The Labute approximate surface area is 219 Å². The predicted molar refractivity (Wildman–Crippen MR) is 130 cm³/mol. The van der Waals surface area contributed by atoms with Gasteiger partial charge in [-0.3, -0.25) is 14.5 Å². The standard InChI is InChI=1S/C25H20BrN4O2S.BrH/c26-14-18-15-33-25-29(17-8-2-1-3-9-17)21(27-30(18)25)12-13-28-23(31)19-10-4-6-16-7-5-11-20(22(16)19)24(28)32;/h1-11,18H,12-15H2;1H/q+1;/p-1. The van der Waals surface area contributed by atoms with Crippen LogP contribution < -0.4 is 21.5 Å². The number of benzene rings is 3. The van der Waals surface area contributed by atoms with Gasteiger partial charge in [0, 0.05) is 39.2 Å². The van der Waals surface area contributed by atoms with E-state index in [0.29, 0.717) is 17.5 Å². The van der Waals surface area contributed by atoms with Gasteiger partial charge < -0.3 is 17.0 Å². The lowest BCUT2D eigenvalue weighted by Crippen LogP contribution is -3.00. The molecule has 1 unspecified atom stereocenters. The monoisotopic (exact) mass is 598 g/mol. The van der Waals surface area contributed by atoms with E-state index in [-0.39, 0.29) is 41.4 Å². The molecule has 0 spiro atoms. The Balaban J connectivity index is 0.00000241. The van der Waals surface area contributed by atoms with Gasteiger partial charge in [0.05, 0.1) is 6.42 Å². The maximum atomic E-state index is 13.3. The summed E-state index contributed by atoms with van der Waals surface area (Å²) in [5, 5.41) is 8.48. The first-order valence-electron chi connectivity index (χ1n) is 10.8. The number of hydrogen-bond donors (Lipinski definition) is 0. The number of fused-ring (bicyclic) bond motifs is 1. The maximum Gasteiger partial charge on any atom is 0.301 e. The van der Waals surface area contributed by atoms with Crippen LogP contribution in [0.1, 0.15) is 32.6 Å². The van der Waals surface area contributed by atoms with E-state index in [4.69, 9.17) is 5.10 Å². The van der Waals surface area contributed by atoms with E-state index in [2.05, 4.69) is 37.3 Å². The van der Waals surface area contributed by atoms with Crippen LogP contribution >= 0.6 is 27.7 Å². The van der Waals surface area contributed by atoms with Gasteiger partial charge in [-0.2, -0.15) is 4.57 Å². The third-order valence-electron chi connectivity index (χ3n) is 6.23. The van der Waals surface area contributed by atoms with Crippen LogP contribution in [0.15, 0.2) is 71.9 Å². The van der Waals surface area contributed by atoms with Crippen molar-refractivity contribution in [1.82, 2.24) is 14.7 Å². The van der Waals surface area contributed by atoms with Gasteiger partial charge in [-0.05, 0) is 41.4 Å². The zero-order valence-electron chi connectivity index (χ0n) is 18.0. The van der Waals surface area contributed by atoms with Crippen LogP contribution in [0.2, 0.25) is 0 Å². The molecule has 2 aliphatic rings. The average Bonchev–Trinajstić information content (AvgIpc) is 3.41. The van der Waals surface area contributed by atoms with Crippen LogP contribution in [0.4, 0.5) is 0 Å². The molecule has 2 amide bonds. The Morgan fingerprint density at radius 3 is 2.29 bits per heavy atom. The number of aromatic nitrogens is 3. The van der Waals surface area contributed by atoms with Crippen molar-refractivity contribution in [2.24, 2.45) is 0 Å². The fraction of sp³-hybridized carbons (Fsp3) is 0.200. The summed E-state index contributed by atoms with van der Waals surface area (Å²) in [4.78, 5) is 27.9. The van der Waals surface area contributed by atoms with Crippen molar-refractivity contribution in [2.45, 2.75) is 17.6 Å². The summed E-state index contributed by atoms with van der Waals surface area (Å²) < 4.78 is 4.22. The first-order chi connectivity index (χ1) is 16.2. The predicted octanol–water partition coefficient (Wildman–Crippen LogP) is 1.20. The number of para-hydroxylation sites is 1. The summed E-state index contributed by atoms with van der Waals surface area (Å²) in [6, 6.07) is 21.6. The number of thioether (sulfide) groups is 1. The van der Waals surface area contributed by atoms with Crippen molar-refractivity contribution in [2.75, 3.05) is 17.6 Å². The minimum atomic E-state index is -0.241. The second-order valence-corrected chi connectivity index (χ2v) is 9.79. The van der Waals surface area contributed by atoms with Crippen molar-refractivity contribution < 1.29 is 31.1 Å². The van der Waals surface area contributed by atoms with Gasteiger partial charge >= 0.3 is 5.16 Å². The zero-order chi connectivity index (χ0) is 22.5. The molecule has 3 heterocycles. The third kappa shape index (κ3) is 3.61. The average molecular weight is 600 g/mol. The molecule has 9 heteroatoms. The van der Waals surface area contributed by atoms with E-state index in [9.17, 15) is 9.59 Å².